The first-order chi connectivity index (χ1) is 11.6. The van der Waals surface area contributed by atoms with Gasteiger partial charge in [0, 0.05) is 25.6 Å². The van der Waals surface area contributed by atoms with Crippen molar-refractivity contribution < 1.29 is 22.7 Å². The number of hydrogen-bond acceptors (Lipinski definition) is 3. The van der Waals surface area contributed by atoms with Crippen LogP contribution >= 0.6 is 0 Å². The first kappa shape index (κ1) is 21.6. The molecule has 1 atom stereocenters. The minimum absolute atomic E-state index is 0.0877. The smallest absolute Gasteiger partial charge is 0.383 e. The molecular formula is C19H28F3NO2. The summed E-state index contributed by atoms with van der Waals surface area (Å²) in [5.41, 5.74) is 0.0400. The maximum absolute atomic E-state index is 12.7. The van der Waals surface area contributed by atoms with Crippen molar-refractivity contribution in [1.82, 2.24) is 4.90 Å². The highest BCUT2D eigenvalue weighted by Crippen LogP contribution is 2.29. The summed E-state index contributed by atoms with van der Waals surface area (Å²) in [6.45, 7) is 8.78. The Morgan fingerprint density at radius 2 is 1.68 bits per heavy atom. The SMILES string of the molecule is COCCN(C(C)C)[C@@H](Cc1ccc(C(F)(F)F)cc1)C(=O)C(C)C. The first-order valence-corrected chi connectivity index (χ1v) is 8.52. The molecule has 25 heavy (non-hydrogen) atoms. The van der Waals surface area contributed by atoms with Crippen molar-refractivity contribution in [1.29, 1.82) is 0 Å². The molecular weight excluding hydrogens is 331 g/mol. The van der Waals surface area contributed by atoms with E-state index in [1.165, 1.54) is 12.1 Å². The molecule has 0 saturated heterocycles. The highest BCUT2D eigenvalue weighted by molar-refractivity contribution is 5.86. The van der Waals surface area contributed by atoms with E-state index >= 15 is 0 Å². The van der Waals surface area contributed by atoms with Crippen molar-refractivity contribution in [2.45, 2.75) is 52.4 Å². The van der Waals surface area contributed by atoms with Crippen LogP contribution in [0.25, 0.3) is 0 Å². The van der Waals surface area contributed by atoms with Gasteiger partial charge < -0.3 is 4.74 Å². The van der Waals surface area contributed by atoms with E-state index in [4.69, 9.17) is 4.74 Å². The van der Waals surface area contributed by atoms with Crippen molar-refractivity contribution in [3.63, 3.8) is 0 Å². The van der Waals surface area contributed by atoms with Gasteiger partial charge in [0.15, 0.2) is 5.78 Å². The average Bonchev–Trinajstić information content (AvgIpc) is 2.52. The molecule has 0 aliphatic rings. The number of halogens is 3. The molecule has 0 unspecified atom stereocenters. The zero-order valence-corrected chi connectivity index (χ0v) is 15.6. The van der Waals surface area contributed by atoms with E-state index in [0.29, 0.717) is 19.6 Å². The van der Waals surface area contributed by atoms with Crippen LogP contribution in [0.2, 0.25) is 0 Å². The van der Waals surface area contributed by atoms with Gasteiger partial charge in [-0.3, -0.25) is 9.69 Å². The quantitative estimate of drug-likeness (QED) is 0.662. The molecule has 1 rings (SSSR count). The lowest BCUT2D eigenvalue weighted by molar-refractivity contribution is -0.137. The van der Waals surface area contributed by atoms with Crippen molar-refractivity contribution >= 4 is 5.78 Å². The van der Waals surface area contributed by atoms with Crippen molar-refractivity contribution in [2.75, 3.05) is 20.3 Å². The van der Waals surface area contributed by atoms with Crippen LogP contribution in [0, 0.1) is 5.92 Å². The number of Topliss-reactive ketones (excluding diaryl/α,β-unsaturated/α-hetero) is 1. The van der Waals surface area contributed by atoms with Gasteiger partial charge in [0.2, 0.25) is 0 Å². The maximum Gasteiger partial charge on any atom is 0.416 e. The van der Waals surface area contributed by atoms with Gasteiger partial charge in [0.1, 0.15) is 0 Å². The Labute approximate surface area is 148 Å². The monoisotopic (exact) mass is 359 g/mol. The second-order valence-corrected chi connectivity index (χ2v) is 6.80. The summed E-state index contributed by atoms with van der Waals surface area (Å²) >= 11 is 0. The number of methoxy groups -OCH3 is 1. The Bertz CT molecular complexity index is 539. The highest BCUT2D eigenvalue weighted by Gasteiger charge is 2.31. The number of benzene rings is 1. The van der Waals surface area contributed by atoms with Crippen LogP contribution in [0.1, 0.15) is 38.8 Å². The minimum Gasteiger partial charge on any atom is -0.383 e. The first-order valence-electron chi connectivity index (χ1n) is 8.52. The minimum atomic E-state index is -4.35. The summed E-state index contributed by atoms with van der Waals surface area (Å²) in [6.07, 6.45) is -3.97. The standard InChI is InChI=1S/C19H28F3NO2/c1-13(2)18(24)17(23(14(3)4)10-11-25-5)12-15-6-8-16(9-7-15)19(20,21)22/h6-9,13-14,17H,10-12H2,1-5H3/t17-/m0/s1. The summed E-state index contributed by atoms with van der Waals surface area (Å²) in [6, 6.07) is 4.79. The van der Waals surface area contributed by atoms with Gasteiger partial charge in [-0.25, -0.2) is 0 Å². The van der Waals surface area contributed by atoms with Crippen LogP contribution in [0.15, 0.2) is 24.3 Å². The fourth-order valence-corrected chi connectivity index (χ4v) is 2.79. The van der Waals surface area contributed by atoms with Gasteiger partial charge >= 0.3 is 6.18 Å². The number of nitrogens with zero attached hydrogens (tertiary/aromatic N) is 1. The van der Waals surface area contributed by atoms with E-state index in [1.807, 2.05) is 27.7 Å². The predicted octanol–water partition coefficient (Wildman–Crippen LogP) is 4.20. The fourth-order valence-electron chi connectivity index (χ4n) is 2.79. The molecule has 0 aromatic heterocycles. The lowest BCUT2D eigenvalue weighted by Gasteiger charge is -2.35. The number of rotatable bonds is 9. The zero-order chi connectivity index (χ0) is 19.2. The molecule has 1 aromatic rings. The van der Waals surface area contributed by atoms with Gasteiger partial charge in [-0.1, -0.05) is 26.0 Å². The highest BCUT2D eigenvalue weighted by atomic mass is 19.4. The average molecular weight is 359 g/mol. The molecule has 1 aromatic carbocycles. The molecule has 0 radical (unpaired) electrons. The second kappa shape index (κ2) is 9.34. The number of carbonyl (C=O) groups is 1. The van der Waals surface area contributed by atoms with Crippen LogP contribution in [0.4, 0.5) is 13.2 Å². The van der Waals surface area contributed by atoms with Crippen LogP contribution in [0.5, 0.6) is 0 Å². The van der Waals surface area contributed by atoms with Crippen molar-refractivity contribution in [2.24, 2.45) is 5.92 Å². The topological polar surface area (TPSA) is 29.5 Å². The molecule has 0 heterocycles. The number of ketones is 1. The zero-order valence-electron chi connectivity index (χ0n) is 15.6. The Balaban J connectivity index is 3.05. The molecule has 0 aliphatic carbocycles. The van der Waals surface area contributed by atoms with Crippen molar-refractivity contribution in [3.8, 4) is 0 Å². The van der Waals surface area contributed by atoms with Crippen LogP contribution in [-0.2, 0) is 22.1 Å². The van der Waals surface area contributed by atoms with Crippen molar-refractivity contribution in [3.05, 3.63) is 35.4 Å². The number of hydrogen-bond donors (Lipinski definition) is 0. The Kier molecular flexibility index (Phi) is 8.09. The molecule has 6 heteroatoms. The van der Waals surface area contributed by atoms with Gasteiger partial charge in [-0.05, 0) is 38.0 Å². The van der Waals surface area contributed by atoms with E-state index in [1.54, 1.807) is 7.11 Å². The van der Waals surface area contributed by atoms with Crippen LogP contribution in [0.3, 0.4) is 0 Å². The van der Waals surface area contributed by atoms with Crippen LogP contribution < -0.4 is 0 Å². The van der Waals surface area contributed by atoms with Gasteiger partial charge in [-0.15, -0.1) is 0 Å². The third kappa shape index (κ3) is 6.44. The fraction of sp³-hybridized carbons (Fsp3) is 0.632. The summed E-state index contributed by atoms with van der Waals surface area (Å²) in [4.78, 5) is 14.8. The number of carbonyl (C=O) groups excluding carboxylic acids is 1. The molecule has 3 nitrogen and oxygen atoms in total. The number of ether oxygens (including phenoxy) is 1. The third-order valence-electron chi connectivity index (χ3n) is 4.23. The Morgan fingerprint density at radius 3 is 2.08 bits per heavy atom. The lowest BCUT2D eigenvalue weighted by atomic mass is 9.93. The Morgan fingerprint density at radius 1 is 1.12 bits per heavy atom. The summed E-state index contributed by atoms with van der Waals surface area (Å²) in [5.74, 6) is -0.0621. The molecule has 142 valence electrons. The summed E-state index contributed by atoms with van der Waals surface area (Å²) < 4.78 is 43.3. The molecule has 0 amide bonds. The number of alkyl halides is 3. The van der Waals surface area contributed by atoms with E-state index in [-0.39, 0.29) is 23.8 Å². The summed E-state index contributed by atoms with van der Waals surface area (Å²) in [5, 5.41) is 0. The molecule has 0 bridgehead atoms. The van der Waals surface area contributed by atoms with E-state index < -0.39 is 11.7 Å². The van der Waals surface area contributed by atoms with Gasteiger partial charge in [0.05, 0.1) is 18.2 Å². The predicted molar refractivity (Wildman–Crippen MR) is 92.5 cm³/mol. The van der Waals surface area contributed by atoms with Crippen LogP contribution in [-0.4, -0.2) is 43.0 Å². The molecule has 0 spiro atoms. The van der Waals surface area contributed by atoms with E-state index in [2.05, 4.69) is 4.90 Å². The molecule has 0 aliphatic heterocycles. The lowest BCUT2D eigenvalue weighted by Crippen LogP contribution is -2.49. The maximum atomic E-state index is 12.7. The Hall–Kier alpha value is -1.40. The second-order valence-electron chi connectivity index (χ2n) is 6.80. The molecule has 0 saturated carbocycles. The van der Waals surface area contributed by atoms with Gasteiger partial charge in [-0.2, -0.15) is 13.2 Å². The van der Waals surface area contributed by atoms with Gasteiger partial charge in [0.25, 0.3) is 0 Å². The third-order valence-corrected chi connectivity index (χ3v) is 4.23. The van der Waals surface area contributed by atoms with E-state index in [0.717, 1.165) is 17.7 Å². The normalized spacial score (nSPS) is 13.7. The molecule has 0 fully saturated rings. The molecule has 0 N–H and O–H groups in total. The largest absolute Gasteiger partial charge is 0.416 e. The van der Waals surface area contributed by atoms with E-state index in [9.17, 15) is 18.0 Å². The summed E-state index contributed by atoms with van der Waals surface area (Å²) in [7, 11) is 1.60.